The molecule has 0 aromatic rings. The van der Waals surface area contributed by atoms with E-state index in [2.05, 4.69) is 0 Å². The van der Waals surface area contributed by atoms with E-state index in [1.165, 1.54) is 0 Å². The molecular formula is C6H10O4. The van der Waals surface area contributed by atoms with Crippen molar-refractivity contribution in [2.24, 2.45) is 5.92 Å². The number of rotatable bonds is 2. The summed E-state index contributed by atoms with van der Waals surface area (Å²) in [6, 6.07) is 0. The van der Waals surface area contributed by atoms with Crippen molar-refractivity contribution < 1.29 is 19.7 Å². The van der Waals surface area contributed by atoms with Crippen LogP contribution in [0.25, 0.3) is 0 Å². The largest absolute Gasteiger partial charge is 0.481 e. The van der Waals surface area contributed by atoms with E-state index in [1.54, 1.807) is 0 Å². The molecule has 2 N–H and O–H groups in total. The molecule has 0 radical (unpaired) electrons. The molecule has 4 nitrogen and oxygen atoms in total. The van der Waals surface area contributed by atoms with E-state index in [1.807, 2.05) is 0 Å². The first-order valence-electron chi connectivity index (χ1n) is 3.17. The average Bonchev–Trinajstić information content (AvgIpc) is 2.15. The molecule has 0 unspecified atom stereocenters. The van der Waals surface area contributed by atoms with Gasteiger partial charge in [0.1, 0.15) is 0 Å². The van der Waals surface area contributed by atoms with Crippen molar-refractivity contribution in [1.29, 1.82) is 0 Å². The first-order valence-corrected chi connectivity index (χ1v) is 3.17. The van der Waals surface area contributed by atoms with Gasteiger partial charge in [-0.15, -0.1) is 0 Å². The zero-order chi connectivity index (χ0) is 7.56. The molecule has 0 aliphatic carbocycles. The van der Waals surface area contributed by atoms with Crippen LogP contribution in [-0.4, -0.2) is 35.5 Å². The van der Waals surface area contributed by atoms with Gasteiger partial charge in [0.15, 0.2) is 0 Å². The molecule has 0 aromatic carbocycles. The minimum absolute atomic E-state index is 0.00116. The number of carbonyl (C=O) groups is 1. The number of ether oxygens (including phenoxy) is 1. The number of hydrogen-bond acceptors (Lipinski definition) is 3. The van der Waals surface area contributed by atoms with E-state index >= 15 is 0 Å². The van der Waals surface area contributed by atoms with Crippen molar-refractivity contribution >= 4 is 5.97 Å². The fraction of sp³-hybridized carbons (Fsp3) is 0.833. The van der Waals surface area contributed by atoms with E-state index in [9.17, 15) is 4.79 Å². The lowest BCUT2D eigenvalue weighted by Gasteiger charge is -2.07. The fourth-order valence-electron chi connectivity index (χ4n) is 1.01. The Labute approximate surface area is 58.4 Å². The maximum Gasteiger partial charge on any atom is 0.303 e. The Hall–Kier alpha value is -0.610. The van der Waals surface area contributed by atoms with Crippen molar-refractivity contribution in [2.75, 3.05) is 13.2 Å². The highest BCUT2D eigenvalue weighted by Gasteiger charge is 2.27. The second-order valence-electron chi connectivity index (χ2n) is 2.46. The normalized spacial score (nSPS) is 32.5. The Morgan fingerprint density at radius 2 is 2.30 bits per heavy atom. The van der Waals surface area contributed by atoms with Crippen LogP contribution in [0.5, 0.6) is 0 Å². The van der Waals surface area contributed by atoms with Crippen molar-refractivity contribution in [1.82, 2.24) is 0 Å². The predicted octanol–water partition coefficient (Wildman–Crippen LogP) is -0.532. The third-order valence-corrected chi connectivity index (χ3v) is 1.60. The molecule has 2 atom stereocenters. The molecule has 1 heterocycles. The quantitative estimate of drug-likeness (QED) is 0.549. The molecular weight excluding hydrogens is 136 g/mol. The first kappa shape index (κ1) is 7.50. The summed E-state index contributed by atoms with van der Waals surface area (Å²) in [6.07, 6.45) is -0.586. The second kappa shape index (κ2) is 2.98. The number of aliphatic carboxylic acids is 1. The number of carboxylic acid groups (broad SMARTS) is 1. The van der Waals surface area contributed by atoms with Crippen LogP contribution in [0.4, 0.5) is 0 Å². The number of aliphatic hydroxyl groups excluding tert-OH is 1. The van der Waals surface area contributed by atoms with Crippen LogP contribution < -0.4 is 0 Å². The van der Waals surface area contributed by atoms with Crippen LogP contribution in [0.2, 0.25) is 0 Å². The van der Waals surface area contributed by atoms with Crippen molar-refractivity contribution in [3.05, 3.63) is 0 Å². The highest BCUT2D eigenvalue weighted by atomic mass is 16.5. The maximum absolute atomic E-state index is 10.1. The van der Waals surface area contributed by atoms with E-state index in [0.717, 1.165) is 0 Å². The van der Waals surface area contributed by atoms with Crippen LogP contribution in [0, 0.1) is 5.92 Å². The Morgan fingerprint density at radius 1 is 1.60 bits per heavy atom. The van der Waals surface area contributed by atoms with Crippen LogP contribution in [-0.2, 0) is 9.53 Å². The lowest BCUT2D eigenvalue weighted by molar-refractivity contribution is -0.138. The molecule has 1 saturated heterocycles. The molecule has 1 rings (SSSR count). The summed E-state index contributed by atoms with van der Waals surface area (Å²) in [7, 11) is 0. The topological polar surface area (TPSA) is 66.8 Å². The van der Waals surface area contributed by atoms with Crippen molar-refractivity contribution in [3.63, 3.8) is 0 Å². The van der Waals surface area contributed by atoms with Crippen LogP contribution in [0.15, 0.2) is 0 Å². The van der Waals surface area contributed by atoms with Crippen LogP contribution in [0.3, 0.4) is 0 Å². The average molecular weight is 146 g/mol. The highest BCUT2D eigenvalue weighted by Crippen LogP contribution is 2.16. The Balaban J connectivity index is 2.33. The molecule has 1 fully saturated rings. The molecule has 1 aliphatic heterocycles. The van der Waals surface area contributed by atoms with Gasteiger partial charge in [-0.05, 0) is 0 Å². The maximum atomic E-state index is 10.1. The molecule has 0 saturated carbocycles. The van der Waals surface area contributed by atoms with Gasteiger partial charge in [-0.3, -0.25) is 4.79 Å². The molecule has 1 aliphatic rings. The standard InChI is InChI=1S/C6H10O4/c7-5-3-10-2-4(5)1-6(8)9/h4-5,7H,1-3H2,(H,8,9)/t4-,5+/m0/s1. The van der Waals surface area contributed by atoms with Crippen LogP contribution >= 0.6 is 0 Å². The fourth-order valence-corrected chi connectivity index (χ4v) is 1.01. The minimum atomic E-state index is -0.880. The summed E-state index contributed by atoms with van der Waals surface area (Å²) in [5.74, 6) is -1.09. The SMILES string of the molecule is O=C(O)C[C@H]1COC[C@H]1O. The number of carboxylic acids is 1. The molecule has 10 heavy (non-hydrogen) atoms. The van der Waals surface area contributed by atoms with Gasteiger partial charge in [0.05, 0.1) is 25.7 Å². The Kier molecular flexibility index (Phi) is 2.24. The number of hydrogen-bond donors (Lipinski definition) is 2. The first-order chi connectivity index (χ1) is 4.70. The molecule has 0 spiro atoms. The van der Waals surface area contributed by atoms with Gasteiger partial charge in [0.25, 0.3) is 0 Å². The molecule has 0 bridgehead atoms. The van der Waals surface area contributed by atoms with E-state index in [0.29, 0.717) is 6.61 Å². The summed E-state index contributed by atoms with van der Waals surface area (Å²) in [6.45, 7) is 0.644. The van der Waals surface area contributed by atoms with Gasteiger partial charge in [-0.25, -0.2) is 0 Å². The van der Waals surface area contributed by atoms with E-state index in [4.69, 9.17) is 14.9 Å². The predicted molar refractivity (Wildman–Crippen MR) is 32.6 cm³/mol. The van der Waals surface area contributed by atoms with Gasteiger partial charge in [0.2, 0.25) is 0 Å². The van der Waals surface area contributed by atoms with Gasteiger partial charge in [0, 0.05) is 5.92 Å². The van der Waals surface area contributed by atoms with Gasteiger partial charge in [-0.2, -0.15) is 0 Å². The van der Waals surface area contributed by atoms with Crippen molar-refractivity contribution in [2.45, 2.75) is 12.5 Å². The zero-order valence-electron chi connectivity index (χ0n) is 5.49. The van der Waals surface area contributed by atoms with Crippen LogP contribution in [0.1, 0.15) is 6.42 Å². The van der Waals surface area contributed by atoms with Gasteiger partial charge in [-0.1, -0.05) is 0 Å². The summed E-state index contributed by atoms with van der Waals surface area (Å²) in [5, 5.41) is 17.4. The monoisotopic (exact) mass is 146 g/mol. The molecule has 58 valence electrons. The van der Waals surface area contributed by atoms with Crippen molar-refractivity contribution in [3.8, 4) is 0 Å². The third kappa shape index (κ3) is 1.68. The molecule has 0 aromatic heterocycles. The highest BCUT2D eigenvalue weighted by molar-refractivity contribution is 5.67. The summed E-state index contributed by atoms with van der Waals surface area (Å²) >= 11 is 0. The lowest BCUT2D eigenvalue weighted by Crippen LogP contribution is -2.20. The third-order valence-electron chi connectivity index (χ3n) is 1.60. The van der Waals surface area contributed by atoms with E-state index < -0.39 is 12.1 Å². The van der Waals surface area contributed by atoms with Gasteiger partial charge >= 0.3 is 5.97 Å². The zero-order valence-corrected chi connectivity index (χ0v) is 5.49. The summed E-state index contributed by atoms with van der Waals surface area (Å²) in [5.41, 5.74) is 0. The molecule has 0 amide bonds. The Morgan fingerprint density at radius 3 is 2.70 bits per heavy atom. The van der Waals surface area contributed by atoms with Gasteiger partial charge < -0.3 is 14.9 Å². The minimum Gasteiger partial charge on any atom is -0.481 e. The second-order valence-corrected chi connectivity index (χ2v) is 2.46. The van der Waals surface area contributed by atoms with E-state index in [-0.39, 0.29) is 18.9 Å². The lowest BCUT2D eigenvalue weighted by atomic mass is 10.0. The summed E-state index contributed by atoms with van der Waals surface area (Å²) < 4.78 is 4.86. The molecule has 4 heteroatoms. The Bertz CT molecular complexity index is 134. The smallest absolute Gasteiger partial charge is 0.303 e. The number of aliphatic hydroxyl groups is 1. The summed E-state index contributed by atoms with van der Waals surface area (Å²) in [4.78, 5) is 10.1.